The molecular formula is C18H16Cl2N4O3S. The molecule has 1 aromatic carbocycles. The van der Waals surface area contributed by atoms with Gasteiger partial charge in [0.1, 0.15) is 0 Å². The first-order chi connectivity index (χ1) is 13.2. The van der Waals surface area contributed by atoms with E-state index in [1.165, 1.54) is 30.7 Å². The molecule has 0 radical (unpaired) electrons. The lowest BCUT2D eigenvalue weighted by Crippen LogP contribution is -2.15. The summed E-state index contributed by atoms with van der Waals surface area (Å²) in [5.74, 6) is -0.785. The Hall–Kier alpha value is -2.42. The number of primary amides is 1. The predicted octanol–water partition coefficient (Wildman–Crippen LogP) is 3.96. The normalized spacial score (nSPS) is 11.5. The monoisotopic (exact) mass is 438 g/mol. The molecule has 1 amide bonds. The van der Waals surface area contributed by atoms with Gasteiger partial charge in [-0.05, 0) is 24.6 Å². The van der Waals surface area contributed by atoms with Gasteiger partial charge < -0.3 is 11.1 Å². The molecule has 10 heteroatoms. The quantitative estimate of drug-likeness (QED) is 0.601. The second-order valence-electron chi connectivity index (χ2n) is 6.05. The molecule has 2 aromatic heterocycles. The standard InChI is InChI=1S/C18H16Cl2N4O3S/c1-2-3-28(26,27)15-6-10(19)5-13-16(14(18(21)25)9-23-17(13)15)24-12-4-11(20)7-22-8-12/h4-9H,2-3H2,1H3,(H2,21,25)(H,23,24). The zero-order valence-electron chi connectivity index (χ0n) is 14.7. The lowest BCUT2D eigenvalue weighted by molar-refractivity contribution is 0.100. The average molecular weight is 439 g/mol. The highest BCUT2D eigenvalue weighted by atomic mass is 35.5. The van der Waals surface area contributed by atoms with Crippen molar-refractivity contribution < 1.29 is 13.2 Å². The van der Waals surface area contributed by atoms with Crippen LogP contribution in [0.2, 0.25) is 10.0 Å². The highest BCUT2D eigenvalue weighted by Gasteiger charge is 2.22. The number of nitrogens with zero attached hydrogens (tertiary/aromatic N) is 2. The third-order valence-corrected chi connectivity index (χ3v) is 6.30. The summed E-state index contributed by atoms with van der Waals surface area (Å²) in [5, 5.41) is 3.96. The summed E-state index contributed by atoms with van der Waals surface area (Å²) in [6.45, 7) is 1.77. The van der Waals surface area contributed by atoms with Crippen LogP contribution in [0.1, 0.15) is 23.7 Å². The molecule has 7 nitrogen and oxygen atoms in total. The third kappa shape index (κ3) is 4.04. The average Bonchev–Trinajstić information content (AvgIpc) is 2.61. The van der Waals surface area contributed by atoms with Crippen molar-refractivity contribution >= 4 is 61.2 Å². The van der Waals surface area contributed by atoms with E-state index in [1.807, 2.05) is 0 Å². The van der Waals surface area contributed by atoms with Gasteiger partial charge in [0.05, 0.1) is 44.3 Å². The van der Waals surface area contributed by atoms with Crippen LogP contribution in [0, 0.1) is 0 Å². The van der Waals surface area contributed by atoms with E-state index in [9.17, 15) is 13.2 Å². The summed E-state index contributed by atoms with van der Waals surface area (Å²) >= 11 is 12.2. The number of benzene rings is 1. The molecule has 3 rings (SSSR count). The van der Waals surface area contributed by atoms with Crippen LogP contribution in [0.15, 0.2) is 41.7 Å². The van der Waals surface area contributed by atoms with Gasteiger partial charge >= 0.3 is 0 Å². The van der Waals surface area contributed by atoms with Gasteiger partial charge in [-0.1, -0.05) is 30.1 Å². The molecule has 0 atom stereocenters. The summed E-state index contributed by atoms with van der Waals surface area (Å²) in [7, 11) is -3.61. The number of fused-ring (bicyclic) bond motifs is 1. The zero-order valence-corrected chi connectivity index (χ0v) is 17.1. The molecule has 0 aliphatic rings. The van der Waals surface area contributed by atoms with Gasteiger partial charge in [0.25, 0.3) is 5.91 Å². The van der Waals surface area contributed by atoms with Gasteiger partial charge in [-0.15, -0.1) is 0 Å². The number of sulfone groups is 1. The van der Waals surface area contributed by atoms with Crippen molar-refractivity contribution in [3.8, 4) is 0 Å². The summed E-state index contributed by atoms with van der Waals surface area (Å²) in [5.41, 5.74) is 6.52. The van der Waals surface area contributed by atoms with Crippen LogP contribution in [0.5, 0.6) is 0 Å². The number of hydrogen-bond donors (Lipinski definition) is 2. The molecule has 0 aliphatic heterocycles. The lowest BCUT2D eigenvalue weighted by atomic mass is 10.1. The number of halogens is 2. The topological polar surface area (TPSA) is 115 Å². The van der Waals surface area contributed by atoms with Crippen LogP contribution in [-0.4, -0.2) is 30.0 Å². The van der Waals surface area contributed by atoms with Gasteiger partial charge in [0.2, 0.25) is 0 Å². The number of rotatable bonds is 6. The predicted molar refractivity (Wildman–Crippen MR) is 110 cm³/mol. The minimum atomic E-state index is -3.61. The molecule has 28 heavy (non-hydrogen) atoms. The van der Waals surface area contributed by atoms with E-state index >= 15 is 0 Å². The maximum Gasteiger partial charge on any atom is 0.252 e. The molecule has 0 fully saturated rings. The highest BCUT2D eigenvalue weighted by Crippen LogP contribution is 2.35. The first-order valence-electron chi connectivity index (χ1n) is 8.25. The van der Waals surface area contributed by atoms with Crippen LogP contribution in [0.25, 0.3) is 10.9 Å². The minimum absolute atomic E-state index is 0.000129. The van der Waals surface area contributed by atoms with Crippen LogP contribution in [-0.2, 0) is 9.84 Å². The number of nitrogens with one attached hydrogen (secondary N) is 1. The van der Waals surface area contributed by atoms with Crippen LogP contribution in [0.3, 0.4) is 0 Å². The van der Waals surface area contributed by atoms with Crippen molar-refractivity contribution in [2.45, 2.75) is 18.2 Å². The highest BCUT2D eigenvalue weighted by molar-refractivity contribution is 7.91. The van der Waals surface area contributed by atoms with E-state index in [2.05, 4.69) is 15.3 Å². The van der Waals surface area contributed by atoms with Gasteiger partial charge in [-0.3, -0.25) is 14.8 Å². The van der Waals surface area contributed by atoms with Gasteiger partial charge in [0.15, 0.2) is 9.84 Å². The number of carbonyl (C=O) groups excluding carboxylic acids is 1. The van der Waals surface area contributed by atoms with E-state index in [0.717, 1.165) is 0 Å². The Bertz CT molecular complexity index is 1180. The van der Waals surface area contributed by atoms with E-state index in [1.54, 1.807) is 13.0 Å². The Morgan fingerprint density at radius 3 is 2.54 bits per heavy atom. The number of anilines is 2. The second-order valence-corrected chi connectivity index (χ2v) is 9.00. The van der Waals surface area contributed by atoms with E-state index in [4.69, 9.17) is 28.9 Å². The van der Waals surface area contributed by atoms with Crippen LogP contribution in [0.4, 0.5) is 11.4 Å². The first kappa shape index (κ1) is 20.3. The molecule has 146 valence electrons. The molecule has 0 bridgehead atoms. The van der Waals surface area contributed by atoms with Crippen molar-refractivity contribution in [2.75, 3.05) is 11.1 Å². The zero-order chi connectivity index (χ0) is 20.5. The van der Waals surface area contributed by atoms with Crippen molar-refractivity contribution in [1.29, 1.82) is 0 Å². The fraction of sp³-hybridized carbons (Fsp3) is 0.167. The van der Waals surface area contributed by atoms with Crippen LogP contribution < -0.4 is 11.1 Å². The van der Waals surface area contributed by atoms with Gasteiger partial charge in [-0.2, -0.15) is 0 Å². The number of hydrogen-bond acceptors (Lipinski definition) is 6. The number of carbonyl (C=O) groups is 1. The molecule has 3 N–H and O–H groups in total. The fourth-order valence-corrected chi connectivity index (χ4v) is 4.78. The van der Waals surface area contributed by atoms with Crippen molar-refractivity contribution in [3.05, 3.63) is 52.4 Å². The summed E-state index contributed by atoms with van der Waals surface area (Å²) < 4.78 is 25.4. The fourth-order valence-electron chi connectivity index (χ4n) is 2.80. The van der Waals surface area contributed by atoms with Crippen molar-refractivity contribution in [3.63, 3.8) is 0 Å². The van der Waals surface area contributed by atoms with Crippen molar-refractivity contribution in [1.82, 2.24) is 9.97 Å². The first-order valence-corrected chi connectivity index (χ1v) is 10.7. The lowest BCUT2D eigenvalue weighted by Gasteiger charge is -2.15. The van der Waals surface area contributed by atoms with Gasteiger partial charge in [-0.25, -0.2) is 8.42 Å². The Kier molecular flexibility index (Phi) is 5.74. The van der Waals surface area contributed by atoms with E-state index in [0.29, 0.717) is 22.5 Å². The Morgan fingerprint density at radius 2 is 1.89 bits per heavy atom. The van der Waals surface area contributed by atoms with Crippen LogP contribution >= 0.6 is 23.2 Å². The largest absolute Gasteiger partial charge is 0.365 e. The molecule has 0 saturated carbocycles. The maximum absolute atomic E-state index is 12.7. The molecule has 3 aromatic rings. The maximum atomic E-state index is 12.7. The minimum Gasteiger partial charge on any atom is -0.365 e. The Labute approximate surface area is 171 Å². The molecular weight excluding hydrogens is 423 g/mol. The third-order valence-electron chi connectivity index (χ3n) is 3.95. The van der Waals surface area contributed by atoms with E-state index in [-0.39, 0.29) is 32.4 Å². The smallest absolute Gasteiger partial charge is 0.252 e. The summed E-state index contributed by atoms with van der Waals surface area (Å²) in [6.07, 6.45) is 4.64. The number of pyridine rings is 2. The molecule has 0 saturated heterocycles. The number of aromatic nitrogens is 2. The van der Waals surface area contributed by atoms with E-state index < -0.39 is 15.7 Å². The Balaban J connectivity index is 2.32. The number of nitrogens with two attached hydrogens (primary N) is 1. The van der Waals surface area contributed by atoms with Gasteiger partial charge in [0, 0.05) is 22.8 Å². The molecule has 0 unspecified atom stereocenters. The Morgan fingerprint density at radius 1 is 1.14 bits per heavy atom. The SMILES string of the molecule is CCCS(=O)(=O)c1cc(Cl)cc2c(Nc3cncc(Cl)c3)c(C(N)=O)cnc12. The second kappa shape index (κ2) is 7.90. The molecule has 0 aliphatic carbocycles. The summed E-state index contributed by atoms with van der Waals surface area (Å²) in [6, 6.07) is 4.49. The van der Waals surface area contributed by atoms with Crippen molar-refractivity contribution in [2.24, 2.45) is 5.73 Å². The molecule has 0 spiro atoms. The summed E-state index contributed by atoms with van der Waals surface area (Å²) in [4.78, 5) is 20.1. The number of amides is 1. The molecule has 2 heterocycles.